The monoisotopic (exact) mass is 573 g/mol. The molecule has 0 bridgehead atoms. The molecule has 9 heteroatoms. The van der Waals surface area contributed by atoms with E-state index in [-0.39, 0.29) is 11.1 Å². The molecule has 0 amide bonds. The van der Waals surface area contributed by atoms with Crippen LogP contribution in [0.15, 0.2) is 36.7 Å². The van der Waals surface area contributed by atoms with Crippen molar-refractivity contribution in [3.63, 3.8) is 0 Å². The highest BCUT2D eigenvalue weighted by Crippen LogP contribution is 2.36. The van der Waals surface area contributed by atoms with Gasteiger partial charge in [-0.25, -0.2) is 14.4 Å². The maximum absolute atomic E-state index is 13.6. The van der Waals surface area contributed by atoms with Crippen LogP contribution in [0.3, 0.4) is 0 Å². The molecule has 7 nitrogen and oxygen atoms in total. The molecule has 1 aliphatic rings. The van der Waals surface area contributed by atoms with Crippen LogP contribution in [0.25, 0.3) is 10.9 Å². The van der Waals surface area contributed by atoms with Gasteiger partial charge in [-0.15, -0.1) is 0 Å². The third kappa shape index (κ3) is 9.46. The van der Waals surface area contributed by atoms with Gasteiger partial charge >= 0.3 is 0 Å². The van der Waals surface area contributed by atoms with Crippen molar-refractivity contribution in [2.45, 2.75) is 77.2 Å². The highest BCUT2D eigenvalue weighted by atomic mass is 35.5. The summed E-state index contributed by atoms with van der Waals surface area (Å²) in [6, 6.07) is 8.22. The predicted molar refractivity (Wildman–Crippen MR) is 158 cm³/mol. The molecule has 0 radical (unpaired) electrons. The second kappa shape index (κ2) is 16.6. The summed E-state index contributed by atoms with van der Waals surface area (Å²) >= 11 is 5.97. The number of nitrogens with one attached hydrogen (secondary N) is 1. The van der Waals surface area contributed by atoms with E-state index in [1.54, 1.807) is 6.07 Å². The number of anilines is 2. The molecule has 1 fully saturated rings. The lowest BCUT2D eigenvalue weighted by Crippen LogP contribution is -2.26. The lowest BCUT2D eigenvalue weighted by Gasteiger charge is -2.25. The molecule has 4 rings (SSSR count). The molecule has 0 atom stereocenters. The third-order valence-corrected chi connectivity index (χ3v) is 7.26. The Morgan fingerprint density at radius 3 is 2.48 bits per heavy atom. The van der Waals surface area contributed by atoms with Crippen LogP contribution < -0.4 is 14.8 Å². The highest BCUT2D eigenvalue weighted by molar-refractivity contribution is 6.31. The van der Waals surface area contributed by atoms with Gasteiger partial charge in [0.25, 0.3) is 0 Å². The Balaban J connectivity index is 1.37. The summed E-state index contributed by atoms with van der Waals surface area (Å²) in [6.07, 6.45) is 13.3. The van der Waals surface area contributed by atoms with E-state index in [1.165, 1.54) is 63.4 Å². The molecule has 2 aromatic carbocycles. The highest BCUT2D eigenvalue weighted by Gasteiger charge is 2.19. The number of nitrogens with zero attached hydrogens (tertiary/aromatic N) is 2. The molecule has 1 aliphatic heterocycles. The SMILES string of the molecule is CCCCCCCCCCOCCOc1cc2ncnc(Nc3ccc(F)c(Cl)c3)c2cc1OC1CCOCC1. The molecule has 3 aromatic rings. The van der Waals surface area contributed by atoms with Crippen molar-refractivity contribution in [1.82, 2.24) is 9.97 Å². The van der Waals surface area contributed by atoms with Crippen molar-refractivity contribution in [2.24, 2.45) is 0 Å². The van der Waals surface area contributed by atoms with E-state index in [0.717, 1.165) is 31.3 Å². The normalized spacial score (nSPS) is 14.0. The fraction of sp³-hybridized carbons (Fsp3) is 0.548. The molecule has 2 heterocycles. The Morgan fingerprint density at radius 2 is 1.70 bits per heavy atom. The van der Waals surface area contributed by atoms with Gasteiger partial charge in [-0.2, -0.15) is 0 Å². The van der Waals surface area contributed by atoms with Crippen molar-refractivity contribution in [3.05, 3.63) is 47.5 Å². The molecule has 1 N–H and O–H groups in total. The van der Waals surface area contributed by atoms with E-state index >= 15 is 0 Å². The summed E-state index contributed by atoms with van der Waals surface area (Å²) in [5.74, 6) is 1.32. The minimum Gasteiger partial charge on any atom is -0.487 e. The van der Waals surface area contributed by atoms with Gasteiger partial charge < -0.3 is 24.3 Å². The zero-order valence-corrected chi connectivity index (χ0v) is 24.2. The van der Waals surface area contributed by atoms with Gasteiger partial charge in [0.15, 0.2) is 11.5 Å². The van der Waals surface area contributed by atoms with Gasteiger partial charge in [-0.05, 0) is 30.7 Å². The van der Waals surface area contributed by atoms with Gasteiger partial charge in [-0.3, -0.25) is 0 Å². The first kappa shape index (κ1) is 30.3. The summed E-state index contributed by atoms with van der Waals surface area (Å²) < 4.78 is 37.5. The number of hydrogen-bond donors (Lipinski definition) is 1. The molecule has 0 aliphatic carbocycles. The smallest absolute Gasteiger partial charge is 0.163 e. The summed E-state index contributed by atoms with van der Waals surface area (Å²) in [5.41, 5.74) is 1.31. The largest absolute Gasteiger partial charge is 0.487 e. The van der Waals surface area contributed by atoms with Gasteiger partial charge in [0.2, 0.25) is 0 Å². The summed E-state index contributed by atoms with van der Waals surface area (Å²) in [4.78, 5) is 8.86. The minimum absolute atomic E-state index is 0.0312. The molecule has 0 saturated carbocycles. The van der Waals surface area contributed by atoms with Crippen LogP contribution in [-0.2, 0) is 9.47 Å². The molecule has 40 heavy (non-hydrogen) atoms. The summed E-state index contributed by atoms with van der Waals surface area (Å²) in [5, 5.41) is 4.01. The lowest BCUT2D eigenvalue weighted by molar-refractivity contribution is 0.0238. The quantitative estimate of drug-likeness (QED) is 0.163. The van der Waals surface area contributed by atoms with Crippen LogP contribution in [0.5, 0.6) is 11.5 Å². The zero-order chi connectivity index (χ0) is 28.0. The van der Waals surface area contributed by atoms with Crippen molar-refractivity contribution in [3.8, 4) is 11.5 Å². The first-order chi connectivity index (χ1) is 19.6. The van der Waals surface area contributed by atoms with Crippen molar-refractivity contribution in [1.29, 1.82) is 0 Å². The van der Waals surface area contributed by atoms with Gasteiger partial charge in [0.1, 0.15) is 30.7 Å². The number of ether oxygens (including phenoxy) is 4. The van der Waals surface area contributed by atoms with Crippen LogP contribution in [0, 0.1) is 5.82 Å². The molecule has 1 aromatic heterocycles. The van der Waals surface area contributed by atoms with E-state index in [9.17, 15) is 4.39 Å². The number of aromatic nitrogens is 2. The molecule has 0 spiro atoms. The van der Waals surface area contributed by atoms with Crippen molar-refractivity contribution >= 4 is 34.0 Å². The Hall–Kier alpha value is -2.68. The fourth-order valence-electron chi connectivity index (χ4n) is 4.70. The van der Waals surface area contributed by atoms with Crippen LogP contribution in [0.4, 0.5) is 15.9 Å². The number of fused-ring (bicyclic) bond motifs is 1. The lowest BCUT2D eigenvalue weighted by atomic mass is 10.1. The van der Waals surface area contributed by atoms with E-state index in [2.05, 4.69) is 22.2 Å². The summed E-state index contributed by atoms with van der Waals surface area (Å²) in [6.45, 7) is 5.25. The molecule has 218 valence electrons. The van der Waals surface area contributed by atoms with Gasteiger partial charge in [0, 0.05) is 36.6 Å². The standard InChI is InChI=1S/C31H41ClFN3O4/c1-2-3-4-5-6-7-8-9-14-37-17-18-39-29-21-28-25(20-30(29)40-24-12-15-38-16-13-24)31(35-22-34-28)36-23-10-11-27(33)26(32)19-23/h10-11,19-22,24H,2-9,12-18H2,1H3,(H,34,35,36). The Bertz CT molecular complexity index is 1190. The Morgan fingerprint density at radius 1 is 0.925 bits per heavy atom. The number of unbranched alkanes of at least 4 members (excludes halogenated alkanes) is 7. The van der Waals surface area contributed by atoms with Crippen LogP contribution in [0.2, 0.25) is 5.02 Å². The molecular weight excluding hydrogens is 533 g/mol. The van der Waals surface area contributed by atoms with Crippen LogP contribution in [-0.4, -0.2) is 49.1 Å². The number of benzene rings is 2. The maximum Gasteiger partial charge on any atom is 0.163 e. The average molecular weight is 574 g/mol. The first-order valence-electron chi connectivity index (χ1n) is 14.6. The molecular formula is C31H41ClFN3O4. The second-order valence-corrected chi connectivity index (χ2v) is 10.6. The van der Waals surface area contributed by atoms with E-state index in [4.69, 9.17) is 30.5 Å². The van der Waals surface area contributed by atoms with E-state index in [0.29, 0.717) is 54.9 Å². The van der Waals surface area contributed by atoms with Crippen LogP contribution >= 0.6 is 11.6 Å². The Kier molecular flexibility index (Phi) is 12.5. The summed E-state index contributed by atoms with van der Waals surface area (Å²) in [7, 11) is 0. The third-order valence-electron chi connectivity index (χ3n) is 6.97. The Labute approximate surface area is 241 Å². The van der Waals surface area contributed by atoms with Crippen molar-refractivity contribution in [2.75, 3.05) is 38.4 Å². The topological polar surface area (TPSA) is 74.7 Å². The van der Waals surface area contributed by atoms with Gasteiger partial charge in [-0.1, -0.05) is 63.5 Å². The van der Waals surface area contributed by atoms with E-state index in [1.807, 2.05) is 12.1 Å². The number of hydrogen-bond acceptors (Lipinski definition) is 7. The first-order valence-corrected chi connectivity index (χ1v) is 15.0. The maximum atomic E-state index is 13.6. The minimum atomic E-state index is -0.476. The van der Waals surface area contributed by atoms with Crippen molar-refractivity contribution < 1.29 is 23.3 Å². The van der Waals surface area contributed by atoms with Crippen LogP contribution in [0.1, 0.15) is 71.1 Å². The molecule has 0 unspecified atom stereocenters. The van der Waals surface area contributed by atoms with E-state index < -0.39 is 5.82 Å². The number of halogens is 2. The average Bonchev–Trinajstić information content (AvgIpc) is 2.96. The predicted octanol–water partition coefficient (Wildman–Crippen LogP) is 8.26. The molecule has 1 saturated heterocycles. The fourth-order valence-corrected chi connectivity index (χ4v) is 4.88. The van der Waals surface area contributed by atoms with Gasteiger partial charge in [0.05, 0.1) is 30.4 Å². The zero-order valence-electron chi connectivity index (χ0n) is 23.4. The second-order valence-electron chi connectivity index (χ2n) is 10.2. The number of rotatable bonds is 17.